The lowest BCUT2D eigenvalue weighted by Crippen LogP contribution is -2.35. The average molecular weight is 473 g/mol. The van der Waals surface area contributed by atoms with Crippen LogP contribution in [0, 0.1) is 0 Å². The summed E-state index contributed by atoms with van der Waals surface area (Å²) in [7, 11) is 0. The van der Waals surface area contributed by atoms with Crippen molar-refractivity contribution in [1.82, 2.24) is 19.3 Å². The highest BCUT2D eigenvalue weighted by Gasteiger charge is 2.39. The summed E-state index contributed by atoms with van der Waals surface area (Å²) in [6, 6.07) is 0.190. The standard InChI is InChI=1S/C20H20F5N5O3/c1-4-29-8-13(12-5-18(27-11(3)31)26-7-15(12)29)14-6-16(33-9-17(21)22)19(32)30(28-14)10(2)20(23,24)25/h5-8,10,17H,4,9H2,1-3H3,(H,26,27,31). The van der Waals surface area contributed by atoms with Gasteiger partial charge in [-0.15, -0.1) is 0 Å². The predicted octanol–water partition coefficient (Wildman–Crippen LogP) is 4.01. The minimum atomic E-state index is -4.82. The van der Waals surface area contributed by atoms with Crippen LogP contribution in [0.5, 0.6) is 5.75 Å². The minimum absolute atomic E-state index is 0.104. The van der Waals surface area contributed by atoms with Gasteiger partial charge in [0, 0.05) is 36.7 Å². The molecule has 3 aromatic heterocycles. The molecule has 3 rings (SSSR count). The van der Waals surface area contributed by atoms with Crippen molar-refractivity contribution in [3.63, 3.8) is 0 Å². The van der Waals surface area contributed by atoms with Gasteiger partial charge in [0.25, 0.3) is 6.43 Å². The van der Waals surface area contributed by atoms with Crippen LogP contribution in [0.3, 0.4) is 0 Å². The summed E-state index contributed by atoms with van der Waals surface area (Å²) in [4.78, 5) is 28.1. The average Bonchev–Trinajstić information content (AvgIpc) is 3.09. The van der Waals surface area contributed by atoms with Gasteiger partial charge in [-0.3, -0.25) is 9.59 Å². The van der Waals surface area contributed by atoms with Gasteiger partial charge in [0.1, 0.15) is 18.5 Å². The van der Waals surface area contributed by atoms with Gasteiger partial charge in [0.2, 0.25) is 5.91 Å². The fourth-order valence-electron chi connectivity index (χ4n) is 3.18. The molecule has 3 aromatic rings. The summed E-state index contributed by atoms with van der Waals surface area (Å²) < 4.78 is 72.1. The number of carbonyl (C=O) groups is 1. The molecule has 0 saturated heterocycles. The molecule has 0 fully saturated rings. The zero-order valence-corrected chi connectivity index (χ0v) is 17.8. The van der Waals surface area contributed by atoms with Gasteiger partial charge < -0.3 is 14.6 Å². The molecular weight excluding hydrogens is 453 g/mol. The molecule has 1 atom stereocenters. The number of aryl methyl sites for hydroxylation is 1. The Bertz CT molecular complexity index is 1240. The number of amides is 1. The molecule has 0 aliphatic rings. The van der Waals surface area contributed by atoms with Crippen LogP contribution < -0.4 is 15.6 Å². The van der Waals surface area contributed by atoms with E-state index in [1.165, 1.54) is 19.2 Å². The molecule has 3 heterocycles. The van der Waals surface area contributed by atoms with Crippen LogP contribution in [0.4, 0.5) is 27.8 Å². The van der Waals surface area contributed by atoms with E-state index in [-0.39, 0.29) is 22.1 Å². The third-order valence-electron chi connectivity index (χ3n) is 4.80. The van der Waals surface area contributed by atoms with E-state index in [4.69, 9.17) is 4.74 Å². The van der Waals surface area contributed by atoms with E-state index in [9.17, 15) is 31.5 Å². The number of rotatable bonds is 7. The lowest BCUT2D eigenvalue weighted by atomic mass is 10.1. The minimum Gasteiger partial charge on any atom is -0.482 e. The molecule has 0 aromatic carbocycles. The highest BCUT2D eigenvalue weighted by Crippen LogP contribution is 2.33. The second-order valence-corrected chi connectivity index (χ2v) is 7.16. The van der Waals surface area contributed by atoms with Crippen molar-refractivity contribution in [3.05, 3.63) is 34.9 Å². The largest absolute Gasteiger partial charge is 0.482 e. The number of fused-ring (bicyclic) bond motifs is 1. The molecule has 1 N–H and O–H groups in total. The number of nitrogens with zero attached hydrogens (tertiary/aromatic N) is 4. The Balaban J connectivity index is 2.27. The van der Waals surface area contributed by atoms with Gasteiger partial charge in [0.15, 0.2) is 5.75 Å². The number of nitrogens with one attached hydrogen (secondary N) is 1. The molecule has 0 aliphatic carbocycles. The van der Waals surface area contributed by atoms with Crippen molar-refractivity contribution in [2.45, 2.75) is 46.0 Å². The van der Waals surface area contributed by atoms with Crippen LogP contribution in [0.1, 0.15) is 26.8 Å². The maximum Gasteiger partial charge on any atom is 0.410 e. The maximum absolute atomic E-state index is 13.4. The SMILES string of the molecule is CCn1cc(-c2cc(OCC(F)F)c(=O)n(C(C)C(F)(F)F)n2)c2cc(NC(C)=O)ncc21. The smallest absolute Gasteiger partial charge is 0.410 e. The summed E-state index contributed by atoms with van der Waals surface area (Å²) in [5.74, 6) is -0.882. The zero-order chi connectivity index (χ0) is 24.5. The first-order valence-corrected chi connectivity index (χ1v) is 9.80. The zero-order valence-electron chi connectivity index (χ0n) is 17.8. The van der Waals surface area contributed by atoms with Crippen molar-refractivity contribution in [3.8, 4) is 17.0 Å². The van der Waals surface area contributed by atoms with Gasteiger partial charge in [-0.2, -0.15) is 18.3 Å². The van der Waals surface area contributed by atoms with E-state index in [0.717, 1.165) is 13.0 Å². The summed E-state index contributed by atoms with van der Waals surface area (Å²) in [5.41, 5.74) is -0.512. The maximum atomic E-state index is 13.4. The van der Waals surface area contributed by atoms with Crippen molar-refractivity contribution in [1.29, 1.82) is 0 Å². The topological polar surface area (TPSA) is 91.0 Å². The van der Waals surface area contributed by atoms with Crippen molar-refractivity contribution in [2.24, 2.45) is 0 Å². The van der Waals surface area contributed by atoms with Crippen LogP contribution in [-0.4, -0.2) is 44.4 Å². The molecule has 0 bridgehead atoms. The Kier molecular flexibility index (Phi) is 6.70. The number of carbonyl (C=O) groups excluding carboxylic acids is 1. The third-order valence-corrected chi connectivity index (χ3v) is 4.80. The van der Waals surface area contributed by atoms with Gasteiger partial charge in [0.05, 0.1) is 17.4 Å². The quantitative estimate of drug-likeness (QED) is 0.524. The van der Waals surface area contributed by atoms with Crippen LogP contribution >= 0.6 is 0 Å². The van der Waals surface area contributed by atoms with Gasteiger partial charge in [-0.1, -0.05) is 0 Å². The number of halogens is 5. The molecular formula is C20H20F5N5O3. The monoisotopic (exact) mass is 473 g/mol. The van der Waals surface area contributed by atoms with Crippen molar-refractivity contribution in [2.75, 3.05) is 11.9 Å². The lowest BCUT2D eigenvalue weighted by molar-refractivity contribution is -0.166. The molecule has 1 unspecified atom stereocenters. The van der Waals surface area contributed by atoms with Gasteiger partial charge >= 0.3 is 11.7 Å². The van der Waals surface area contributed by atoms with E-state index < -0.39 is 36.6 Å². The Morgan fingerprint density at radius 2 is 1.97 bits per heavy atom. The molecule has 0 spiro atoms. The van der Waals surface area contributed by atoms with Crippen molar-refractivity contribution < 1.29 is 31.5 Å². The van der Waals surface area contributed by atoms with Crippen LogP contribution in [0.15, 0.2) is 29.3 Å². The summed E-state index contributed by atoms with van der Waals surface area (Å²) in [6.45, 7) is 3.12. The Morgan fingerprint density at radius 1 is 1.27 bits per heavy atom. The highest BCUT2D eigenvalue weighted by atomic mass is 19.4. The molecule has 1 amide bonds. The number of hydrogen-bond acceptors (Lipinski definition) is 5. The normalized spacial score (nSPS) is 12.9. The number of ether oxygens (including phenoxy) is 1. The number of aromatic nitrogens is 4. The molecule has 0 saturated carbocycles. The van der Waals surface area contributed by atoms with Crippen LogP contribution in [-0.2, 0) is 11.3 Å². The molecule has 0 aliphatic heterocycles. The fourth-order valence-corrected chi connectivity index (χ4v) is 3.18. The lowest BCUT2D eigenvalue weighted by Gasteiger charge is -2.19. The number of hydrogen-bond donors (Lipinski definition) is 1. The molecule has 13 heteroatoms. The third kappa shape index (κ3) is 5.12. The molecule has 33 heavy (non-hydrogen) atoms. The summed E-state index contributed by atoms with van der Waals surface area (Å²) >= 11 is 0. The Labute approximate surface area is 184 Å². The van der Waals surface area contributed by atoms with E-state index in [0.29, 0.717) is 23.0 Å². The second-order valence-electron chi connectivity index (χ2n) is 7.16. The first kappa shape index (κ1) is 24.1. The fraction of sp³-hybridized carbons (Fsp3) is 0.400. The molecule has 8 nitrogen and oxygen atoms in total. The number of pyridine rings is 1. The van der Waals surface area contributed by atoms with Crippen LogP contribution in [0.25, 0.3) is 22.2 Å². The molecule has 0 radical (unpaired) electrons. The summed E-state index contributed by atoms with van der Waals surface area (Å²) in [5, 5.41) is 6.86. The van der Waals surface area contributed by atoms with Crippen LogP contribution in [0.2, 0.25) is 0 Å². The number of anilines is 1. The second kappa shape index (κ2) is 9.16. The first-order chi connectivity index (χ1) is 15.4. The van der Waals surface area contributed by atoms with E-state index in [2.05, 4.69) is 15.4 Å². The summed E-state index contributed by atoms with van der Waals surface area (Å²) in [6.07, 6.45) is -4.72. The number of alkyl halides is 5. The Hall–Kier alpha value is -3.51. The predicted molar refractivity (Wildman–Crippen MR) is 109 cm³/mol. The highest BCUT2D eigenvalue weighted by molar-refractivity contribution is 5.98. The van der Waals surface area contributed by atoms with Gasteiger partial charge in [-0.25, -0.2) is 18.4 Å². The Morgan fingerprint density at radius 3 is 2.55 bits per heavy atom. The van der Waals surface area contributed by atoms with E-state index >= 15 is 0 Å². The van der Waals surface area contributed by atoms with E-state index in [1.54, 1.807) is 10.8 Å². The van der Waals surface area contributed by atoms with E-state index in [1.807, 2.05) is 6.92 Å². The first-order valence-electron chi connectivity index (χ1n) is 9.80. The molecule has 178 valence electrons. The van der Waals surface area contributed by atoms with Crippen molar-refractivity contribution >= 4 is 22.6 Å². The van der Waals surface area contributed by atoms with Gasteiger partial charge in [-0.05, 0) is 19.9 Å².